The van der Waals surface area contributed by atoms with Gasteiger partial charge in [0.1, 0.15) is 0 Å². The number of nitrogens with zero attached hydrogens (tertiary/aromatic N) is 3. The molecule has 0 atom stereocenters. The van der Waals surface area contributed by atoms with Crippen LogP contribution in [0.15, 0.2) is 59.9 Å². The quantitative estimate of drug-likeness (QED) is 0.776. The van der Waals surface area contributed by atoms with Crippen LogP contribution in [0.3, 0.4) is 0 Å². The van der Waals surface area contributed by atoms with Crippen molar-refractivity contribution in [1.82, 2.24) is 20.1 Å². The van der Waals surface area contributed by atoms with Crippen molar-refractivity contribution in [2.45, 2.75) is 6.54 Å². The number of rotatable bonds is 5. The fourth-order valence-electron chi connectivity index (χ4n) is 1.95. The monoisotopic (exact) mass is 282 g/mol. The Labute approximate surface area is 121 Å². The molecule has 0 bridgehead atoms. The van der Waals surface area contributed by atoms with Crippen molar-refractivity contribution >= 4 is 5.91 Å². The molecule has 0 aliphatic rings. The van der Waals surface area contributed by atoms with E-state index < -0.39 is 0 Å². The molecule has 1 amide bonds. The Hall–Kier alpha value is -2.89. The summed E-state index contributed by atoms with van der Waals surface area (Å²) in [5.41, 5.74) is 2.58. The molecule has 0 unspecified atom stereocenters. The predicted molar refractivity (Wildman–Crippen MR) is 76.5 cm³/mol. The lowest BCUT2D eigenvalue weighted by molar-refractivity contribution is 0.0952. The molecule has 0 fully saturated rings. The zero-order valence-electron chi connectivity index (χ0n) is 11.3. The minimum atomic E-state index is -0.111. The lowest BCUT2D eigenvalue weighted by Crippen LogP contribution is -2.27. The second-order valence-electron chi connectivity index (χ2n) is 4.50. The van der Waals surface area contributed by atoms with Gasteiger partial charge in [0.2, 0.25) is 0 Å². The summed E-state index contributed by atoms with van der Waals surface area (Å²) in [6.07, 6.45) is 10.2. The molecule has 0 aliphatic heterocycles. The number of carbonyl (C=O) groups excluding carboxylic acids is 1. The number of nitrogens with one attached hydrogen (secondary N) is 1. The van der Waals surface area contributed by atoms with Gasteiger partial charge < -0.3 is 9.73 Å². The number of furan rings is 1. The zero-order chi connectivity index (χ0) is 14.5. The minimum Gasteiger partial charge on any atom is -0.472 e. The topological polar surface area (TPSA) is 73.0 Å². The van der Waals surface area contributed by atoms with Crippen LogP contribution in [0.2, 0.25) is 0 Å². The van der Waals surface area contributed by atoms with Gasteiger partial charge in [-0.15, -0.1) is 0 Å². The molecule has 0 radical (unpaired) electrons. The summed E-state index contributed by atoms with van der Waals surface area (Å²) >= 11 is 0. The van der Waals surface area contributed by atoms with E-state index in [0.717, 1.165) is 11.1 Å². The number of carbonyl (C=O) groups is 1. The van der Waals surface area contributed by atoms with Crippen LogP contribution in [0.1, 0.15) is 10.4 Å². The van der Waals surface area contributed by atoms with Crippen LogP contribution in [-0.4, -0.2) is 27.2 Å². The highest BCUT2D eigenvalue weighted by molar-refractivity contribution is 5.93. The van der Waals surface area contributed by atoms with E-state index in [9.17, 15) is 4.79 Å². The summed E-state index contributed by atoms with van der Waals surface area (Å²) in [7, 11) is 0. The van der Waals surface area contributed by atoms with Gasteiger partial charge >= 0.3 is 0 Å². The van der Waals surface area contributed by atoms with Gasteiger partial charge in [-0.2, -0.15) is 5.10 Å². The smallest absolute Gasteiger partial charge is 0.251 e. The van der Waals surface area contributed by atoms with E-state index in [-0.39, 0.29) is 5.91 Å². The lowest BCUT2D eigenvalue weighted by Gasteiger charge is -2.05. The maximum atomic E-state index is 11.8. The first-order valence-electron chi connectivity index (χ1n) is 6.56. The zero-order valence-corrected chi connectivity index (χ0v) is 11.3. The number of hydrogen-bond donors (Lipinski definition) is 1. The summed E-state index contributed by atoms with van der Waals surface area (Å²) < 4.78 is 6.83. The molecule has 0 spiro atoms. The minimum absolute atomic E-state index is 0.111. The van der Waals surface area contributed by atoms with Gasteiger partial charge in [-0.3, -0.25) is 14.5 Å². The maximum absolute atomic E-state index is 11.8. The average Bonchev–Trinajstić information content (AvgIpc) is 3.19. The SMILES string of the molecule is O=C(NCCn1cc(-c2ccoc2)cn1)c1ccncc1. The highest BCUT2D eigenvalue weighted by Crippen LogP contribution is 2.18. The first-order valence-corrected chi connectivity index (χ1v) is 6.56. The summed E-state index contributed by atoms with van der Waals surface area (Å²) in [5, 5.41) is 7.10. The van der Waals surface area contributed by atoms with Gasteiger partial charge in [0.15, 0.2) is 0 Å². The number of amides is 1. The van der Waals surface area contributed by atoms with E-state index in [0.29, 0.717) is 18.7 Å². The van der Waals surface area contributed by atoms with Crippen molar-refractivity contribution in [3.8, 4) is 11.1 Å². The van der Waals surface area contributed by atoms with Crippen LogP contribution in [-0.2, 0) is 6.54 Å². The van der Waals surface area contributed by atoms with E-state index in [1.165, 1.54) is 0 Å². The van der Waals surface area contributed by atoms with Crippen molar-refractivity contribution < 1.29 is 9.21 Å². The lowest BCUT2D eigenvalue weighted by atomic mass is 10.2. The molecular weight excluding hydrogens is 268 g/mol. The third kappa shape index (κ3) is 3.17. The van der Waals surface area contributed by atoms with E-state index in [2.05, 4.69) is 15.4 Å². The first kappa shape index (κ1) is 13.1. The molecule has 3 aromatic rings. The fourth-order valence-corrected chi connectivity index (χ4v) is 1.95. The van der Waals surface area contributed by atoms with Crippen LogP contribution >= 0.6 is 0 Å². The van der Waals surface area contributed by atoms with Crippen molar-refractivity contribution in [1.29, 1.82) is 0 Å². The van der Waals surface area contributed by atoms with E-state index in [1.54, 1.807) is 47.9 Å². The molecule has 0 aliphatic carbocycles. The van der Waals surface area contributed by atoms with E-state index in [1.807, 2.05) is 12.3 Å². The van der Waals surface area contributed by atoms with Crippen LogP contribution in [0.4, 0.5) is 0 Å². The Kier molecular flexibility index (Phi) is 3.77. The number of hydrogen-bond acceptors (Lipinski definition) is 4. The van der Waals surface area contributed by atoms with Gasteiger partial charge in [0, 0.05) is 41.8 Å². The van der Waals surface area contributed by atoms with Crippen LogP contribution in [0.5, 0.6) is 0 Å². The van der Waals surface area contributed by atoms with Crippen molar-refractivity contribution in [2.75, 3.05) is 6.54 Å². The highest BCUT2D eigenvalue weighted by atomic mass is 16.3. The number of pyridine rings is 1. The molecule has 3 rings (SSSR count). The molecule has 3 aromatic heterocycles. The number of aromatic nitrogens is 3. The van der Waals surface area contributed by atoms with Gasteiger partial charge in [0.05, 0.1) is 25.3 Å². The Morgan fingerprint density at radius 2 is 2.10 bits per heavy atom. The third-order valence-corrected chi connectivity index (χ3v) is 3.06. The molecule has 106 valence electrons. The molecule has 0 saturated carbocycles. The van der Waals surface area contributed by atoms with Crippen LogP contribution < -0.4 is 5.32 Å². The second kappa shape index (κ2) is 6.04. The molecule has 6 heteroatoms. The predicted octanol–water partition coefficient (Wildman–Crippen LogP) is 1.97. The normalized spacial score (nSPS) is 10.5. The molecule has 0 aromatic carbocycles. The summed E-state index contributed by atoms with van der Waals surface area (Å²) in [6.45, 7) is 1.11. The van der Waals surface area contributed by atoms with Crippen molar-refractivity contribution in [3.63, 3.8) is 0 Å². The molecule has 3 heterocycles. The van der Waals surface area contributed by atoms with Gasteiger partial charge in [-0.25, -0.2) is 0 Å². The molecule has 6 nitrogen and oxygen atoms in total. The van der Waals surface area contributed by atoms with Gasteiger partial charge in [-0.05, 0) is 18.2 Å². The van der Waals surface area contributed by atoms with Crippen LogP contribution in [0, 0.1) is 0 Å². The van der Waals surface area contributed by atoms with E-state index in [4.69, 9.17) is 4.42 Å². The van der Waals surface area contributed by atoms with Gasteiger partial charge in [0.25, 0.3) is 5.91 Å². The average molecular weight is 282 g/mol. The van der Waals surface area contributed by atoms with Crippen molar-refractivity contribution in [2.24, 2.45) is 0 Å². The Morgan fingerprint density at radius 1 is 1.24 bits per heavy atom. The molecule has 1 N–H and O–H groups in total. The fraction of sp³-hybridized carbons (Fsp3) is 0.133. The Balaban J connectivity index is 1.53. The standard InChI is InChI=1S/C15H14N4O2/c20-15(12-1-4-16-5-2-12)17-6-7-19-10-14(9-18-19)13-3-8-21-11-13/h1-5,8-11H,6-7H2,(H,17,20). The summed E-state index contributed by atoms with van der Waals surface area (Å²) in [6, 6.07) is 5.24. The second-order valence-corrected chi connectivity index (χ2v) is 4.50. The van der Waals surface area contributed by atoms with E-state index >= 15 is 0 Å². The molecule has 0 saturated heterocycles. The Bertz CT molecular complexity index is 704. The van der Waals surface area contributed by atoms with Crippen molar-refractivity contribution in [3.05, 3.63) is 61.1 Å². The Morgan fingerprint density at radius 3 is 2.86 bits per heavy atom. The van der Waals surface area contributed by atoms with Gasteiger partial charge in [-0.1, -0.05) is 0 Å². The first-order chi connectivity index (χ1) is 10.3. The largest absolute Gasteiger partial charge is 0.472 e. The summed E-state index contributed by atoms with van der Waals surface area (Å²) in [4.78, 5) is 15.7. The van der Waals surface area contributed by atoms with Crippen LogP contribution in [0.25, 0.3) is 11.1 Å². The summed E-state index contributed by atoms with van der Waals surface area (Å²) in [5.74, 6) is -0.111. The third-order valence-electron chi connectivity index (χ3n) is 3.06. The maximum Gasteiger partial charge on any atom is 0.251 e. The molecule has 21 heavy (non-hydrogen) atoms. The highest BCUT2D eigenvalue weighted by Gasteiger charge is 2.05. The molecular formula is C15H14N4O2.